The summed E-state index contributed by atoms with van der Waals surface area (Å²) in [5.41, 5.74) is 6.73. The fourth-order valence-electron chi connectivity index (χ4n) is 2.39. The fourth-order valence-corrected chi connectivity index (χ4v) is 3.41. The summed E-state index contributed by atoms with van der Waals surface area (Å²) < 4.78 is 0. The quantitative estimate of drug-likeness (QED) is 0.876. The van der Waals surface area contributed by atoms with E-state index in [0.717, 1.165) is 13.0 Å². The van der Waals surface area contributed by atoms with Crippen molar-refractivity contribution in [2.24, 2.45) is 5.73 Å². The number of likely N-dealkylation sites (tertiary alicyclic amines) is 1. The Balaban J connectivity index is 2.08. The minimum atomic E-state index is 0.565. The molecule has 0 bridgehead atoms. The number of hydrogen-bond acceptors (Lipinski definition) is 4. The first kappa shape index (κ1) is 12.0. The predicted octanol–water partition coefficient (Wildman–Crippen LogP) is 2.19. The highest BCUT2D eigenvalue weighted by Crippen LogP contribution is 2.32. The molecule has 90 valence electrons. The molecule has 0 aliphatic carbocycles. The van der Waals surface area contributed by atoms with Crippen LogP contribution in [0, 0.1) is 0 Å². The number of hydrogen-bond donors (Lipinski definition) is 1. The highest BCUT2D eigenvalue weighted by atomic mass is 32.1. The maximum atomic E-state index is 5.56. The van der Waals surface area contributed by atoms with Gasteiger partial charge < -0.3 is 5.73 Å². The molecule has 0 aromatic carbocycles. The lowest BCUT2D eigenvalue weighted by molar-refractivity contribution is 0.157. The van der Waals surface area contributed by atoms with Crippen LogP contribution in [0.1, 0.15) is 42.9 Å². The third kappa shape index (κ3) is 2.62. The summed E-state index contributed by atoms with van der Waals surface area (Å²) in [6.07, 6.45) is 4.86. The molecule has 2 heterocycles. The van der Waals surface area contributed by atoms with Crippen LogP contribution < -0.4 is 5.73 Å². The van der Waals surface area contributed by atoms with E-state index >= 15 is 0 Å². The molecular weight excluding hydrogens is 218 g/mol. The third-order valence-corrected chi connectivity index (χ3v) is 4.27. The van der Waals surface area contributed by atoms with Gasteiger partial charge in [-0.2, -0.15) is 0 Å². The van der Waals surface area contributed by atoms with Crippen molar-refractivity contribution in [3.8, 4) is 0 Å². The van der Waals surface area contributed by atoms with Crippen molar-refractivity contribution in [2.75, 3.05) is 19.6 Å². The Morgan fingerprint density at radius 2 is 2.44 bits per heavy atom. The normalized spacial score (nSPS) is 22.5. The van der Waals surface area contributed by atoms with Crippen LogP contribution in [0.5, 0.6) is 0 Å². The summed E-state index contributed by atoms with van der Waals surface area (Å²) in [4.78, 5) is 7.27. The zero-order valence-electron chi connectivity index (χ0n) is 9.98. The molecule has 16 heavy (non-hydrogen) atoms. The minimum Gasteiger partial charge on any atom is -0.330 e. The number of rotatable bonds is 4. The van der Waals surface area contributed by atoms with Gasteiger partial charge in [-0.05, 0) is 32.5 Å². The Morgan fingerprint density at radius 1 is 1.56 bits per heavy atom. The van der Waals surface area contributed by atoms with E-state index in [1.807, 2.05) is 0 Å². The zero-order chi connectivity index (χ0) is 11.4. The molecule has 1 aromatic rings. The van der Waals surface area contributed by atoms with Gasteiger partial charge in [0, 0.05) is 11.8 Å². The lowest BCUT2D eigenvalue weighted by Crippen LogP contribution is -2.33. The van der Waals surface area contributed by atoms with E-state index in [0.29, 0.717) is 12.6 Å². The molecule has 1 aliphatic heterocycles. The minimum absolute atomic E-state index is 0.565. The predicted molar refractivity (Wildman–Crippen MR) is 68.7 cm³/mol. The monoisotopic (exact) mass is 239 g/mol. The second-order valence-electron chi connectivity index (χ2n) is 4.36. The smallest absolute Gasteiger partial charge is 0.110 e. The lowest BCUT2D eigenvalue weighted by atomic mass is 10.0. The van der Waals surface area contributed by atoms with Crippen LogP contribution in [0.25, 0.3) is 0 Å². The Labute approximate surface area is 102 Å². The molecule has 2 N–H and O–H groups in total. The lowest BCUT2D eigenvalue weighted by Gasteiger charge is -2.33. The van der Waals surface area contributed by atoms with Gasteiger partial charge in [0.1, 0.15) is 5.01 Å². The molecule has 4 heteroatoms. The summed E-state index contributed by atoms with van der Waals surface area (Å²) >= 11 is 1.81. The van der Waals surface area contributed by atoms with Crippen LogP contribution in [0.3, 0.4) is 0 Å². The molecular formula is C12H21N3S. The van der Waals surface area contributed by atoms with E-state index < -0.39 is 0 Å². The van der Waals surface area contributed by atoms with Crippen LogP contribution in [0.2, 0.25) is 0 Å². The SMILES string of the molecule is CCN1CCCCC1c1nc(CCN)cs1. The molecule has 1 fully saturated rings. The maximum absolute atomic E-state index is 5.56. The van der Waals surface area contributed by atoms with Gasteiger partial charge in [0.2, 0.25) is 0 Å². The summed E-state index contributed by atoms with van der Waals surface area (Å²) in [5, 5.41) is 3.47. The van der Waals surface area contributed by atoms with Crippen molar-refractivity contribution < 1.29 is 0 Å². The highest BCUT2D eigenvalue weighted by molar-refractivity contribution is 7.09. The van der Waals surface area contributed by atoms with Gasteiger partial charge in [0.15, 0.2) is 0 Å². The largest absolute Gasteiger partial charge is 0.330 e. The topological polar surface area (TPSA) is 42.2 Å². The van der Waals surface area contributed by atoms with Gasteiger partial charge in [0.05, 0.1) is 11.7 Å². The number of aromatic nitrogens is 1. The van der Waals surface area contributed by atoms with E-state index in [2.05, 4.69) is 17.2 Å². The fraction of sp³-hybridized carbons (Fsp3) is 0.750. The average Bonchev–Trinajstić information content (AvgIpc) is 2.78. The van der Waals surface area contributed by atoms with Gasteiger partial charge in [-0.25, -0.2) is 4.98 Å². The highest BCUT2D eigenvalue weighted by Gasteiger charge is 2.24. The molecule has 1 unspecified atom stereocenters. The summed E-state index contributed by atoms with van der Waals surface area (Å²) in [5.74, 6) is 0. The summed E-state index contributed by atoms with van der Waals surface area (Å²) in [7, 11) is 0. The Morgan fingerprint density at radius 3 is 3.19 bits per heavy atom. The molecule has 2 rings (SSSR count). The third-order valence-electron chi connectivity index (χ3n) is 3.27. The van der Waals surface area contributed by atoms with Crippen LogP contribution in [0.4, 0.5) is 0 Å². The van der Waals surface area contributed by atoms with Gasteiger partial charge in [-0.15, -0.1) is 11.3 Å². The standard InChI is InChI=1S/C12H21N3S/c1-2-15-8-4-3-5-11(15)12-14-10(6-7-13)9-16-12/h9,11H,2-8,13H2,1H3. The molecule has 3 nitrogen and oxygen atoms in total. The van der Waals surface area contributed by atoms with Crippen LogP contribution in [-0.4, -0.2) is 29.5 Å². The van der Waals surface area contributed by atoms with Crippen molar-refractivity contribution in [1.82, 2.24) is 9.88 Å². The molecule has 1 atom stereocenters. The van der Waals surface area contributed by atoms with Crippen LogP contribution >= 0.6 is 11.3 Å². The number of thiazole rings is 1. The molecule has 0 spiro atoms. The van der Waals surface area contributed by atoms with Crippen molar-refractivity contribution in [1.29, 1.82) is 0 Å². The van der Waals surface area contributed by atoms with Gasteiger partial charge in [-0.1, -0.05) is 13.3 Å². The van der Waals surface area contributed by atoms with E-state index in [4.69, 9.17) is 10.7 Å². The van der Waals surface area contributed by atoms with Crippen molar-refractivity contribution in [3.05, 3.63) is 16.1 Å². The van der Waals surface area contributed by atoms with E-state index in [9.17, 15) is 0 Å². The molecule has 0 amide bonds. The second kappa shape index (κ2) is 5.75. The molecule has 0 saturated carbocycles. The molecule has 1 aliphatic rings. The Kier molecular flexibility index (Phi) is 4.32. The van der Waals surface area contributed by atoms with Crippen molar-refractivity contribution >= 4 is 11.3 Å². The summed E-state index contributed by atoms with van der Waals surface area (Å²) in [6.45, 7) is 5.31. The van der Waals surface area contributed by atoms with E-state index in [-0.39, 0.29) is 0 Å². The molecule has 0 radical (unpaired) electrons. The first-order valence-electron chi connectivity index (χ1n) is 6.23. The van der Waals surface area contributed by atoms with Crippen molar-refractivity contribution in [2.45, 2.75) is 38.6 Å². The van der Waals surface area contributed by atoms with E-state index in [1.165, 1.54) is 36.5 Å². The van der Waals surface area contributed by atoms with Gasteiger partial charge in [0.25, 0.3) is 0 Å². The van der Waals surface area contributed by atoms with Crippen LogP contribution in [-0.2, 0) is 6.42 Å². The van der Waals surface area contributed by atoms with Gasteiger partial charge in [-0.3, -0.25) is 4.90 Å². The maximum Gasteiger partial charge on any atom is 0.110 e. The number of nitrogens with zero attached hydrogens (tertiary/aromatic N) is 2. The summed E-state index contributed by atoms with van der Waals surface area (Å²) in [6, 6.07) is 0.565. The zero-order valence-corrected chi connectivity index (χ0v) is 10.8. The second-order valence-corrected chi connectivity index (χ2v) is 5.25. The number of piperidine rings is 1. The molecule has 1 aromatic heterocycles. The van der Waals surface area contributed by atoms with Crippen LogP contribution in [0.15, 0.2) is 5.38 Å². The Bertz CT molecular complexity index is 324. The van der Waals surface area contributed by atoms with Crippen molar-refractivity contribution in [3.63, 3.8) is 0 Å². The Hall–Kier alpha value is -0.450. The molecule has 1 saturated heterocycles. The first-order valence-corrected chi connectivity index (χ1v) is 7.11. The van der Waals surface area contributed by atoms with E-state index in [1.54, 1.807) is 11.3 Å². The van der Waals surface area contributed by atoms with Gasteiger partial charge >= 0.3 is 0 Å². The number of nitrogens with two attached hydrogens (primary N) is 1. The first-order chi connectivity index (χ1) is 7.85. The average molecular weight is 239 g/mol.